The van der Waals surface area contributed by atoms with Crippen molar-refractivity contribution in [2.75, 3.05) is 6.54 Å². The summed E-state index contributed by atoms with van der Waals surface area (Å²) in [7, 11) is 0. The zero-order valence-electron chi connectivity index (χ0n) is 12.3. The first-order valence-electron chi connectivity index (χ1n) is 7.42. The first-order valence-corrected chi connectivity index (χ1v) is 7.42. The predicted octanol–water partition coefficient (Wildman–Crippen LogP) is 1.53. The molecule has 3 aromatic heterocycles. The monoisotopic (exact) mass is 296 g/mol. The van der Waals surface area contributed by atoms with E-state index in [-0.39, 0.29) is 11.9 Å². The summed E-state index contributed by atoms with van der Waals surface area (Å²) in [6, 6.07) is 7.80. The smallest absolute Gasteiger partial charge is 0.258 e. The van der Waals surface area contributed by atoms with Crippen LogP contribution in [0.3, 0.4) is 0 Å². The van der Waals surface area contributed by atoms with Crippen LogP contribution in [0.15, 0.2) is 36.7 Å². The number of carbonyl (C=O) groups excluding carboxylic acids is 1. The van der Waals surface area contributed by atoms with Gasteiger partial charge in [-0.05, 0) is 41.1 Å². The fourth-order valence-electron chi connectivity index (χ4n) is 3.23. The van der Waals surface area contributed by atoms with Gasteiger partial charge in [0.1, 0.15) is 0 Å². The van der Waals surface area contributed by atoms with Crippen molar-refractivity contribution in [3.8, 4) is 0 Å². The zero-order chi connectivity index (χ0) is 15.1. The highest BCUT2D eigenvalue weighted by Gasteiger charge is 2.31. The largest absolute Gasteiger partial charge is 0.348 e. The van der Waals surface area contributed by atoms with Crippen molar-refractivity contribution in [1.82, 2.24) is 29.5 Å². The zero-order valence-corrected chi connectivity index (χ0v) is 12.3. The third-order valence-electron chi connectivity index (χ3n) is 4.27. The standard InChI is InChI=1S/C15H16N6O/c1-2-12-13-6-4-7-19(13)9-10-20(12)15(22)11-5-3-8-21-14(11)16-17-18-21/h3-8,12H,2,9-10H2,1H3/t12-/m0/s1. The van der Waals surface area contributed by atoms with Crippen LogP contribution in [0.25, 0.3) is 5.65 Å². The number of pyridine rings is 1. The van der Waals surface area contributed by atoms with Crippen molar-refractivity contribution < 1.29 is 4.79 Å². The number of hydrogen-bond donors (Lipinski definition) is 0. The average molecular weight is 296 g/mol. The highest BCUT2D eigenvalue weighted by molar-refractivity contribution is 5.99. The Hall–Kier alpha value is -2.70. The summed E-state index contributed by atoms with van der Waals surface area (Å²) in [6.45, 7) is 3.62. The first-order chi connectivity index (χ1) is 10.8. The minimum Gasteiger partial charge on any atom is -0.348 e. The minimum atomic E-state index is -0.0142. The molecular weight excluding hydrogens is 280 g/mol. The number of amides is 1. The van der Waals surface area contributed by atoms with Gasteiger partial charge in [-0.1, -0.05) is 6.92 Å². The quantitative estimate of drug-likeness (QED) is 0.719. The summed E-state index contributed by atoms with van der Waals surface area (Å²) in [5.41, 5.74) is 2.24. The van der Waals surface area contributed by atoms with Crippen LogP contribution >= 0.6 is 0 Å². The number of fused-ring (bicyclic) bond motifs is 2. The molecule has 0 spiro atoms. The molecule has 0 bridgehead atoms. The maximum atomic E-state index is 13.0. The number of rotatable bonds is 2. The molecule has 0 saturated heterocycles. The van der Waals surface area contributed by atoms with E-state index in [9.17, 15) is 4.79 Å². The number of aromatic nitrogens is 5. The molecular formula is C15H16N6O. The first kappa shape index (κ1) is 13.0. The van der Waals surface area contributed by atoms with E-state index < -0.39 is 0 Å². The third kappa shape index (κ3) is 1.82. The van der Waals surface area contributed by atoms with E-state index in [1.54, 1.807) is 18.3 Å². The van der Waals surface area contributed by atoms with Gasteiger partial charge in [0.25, 0.3) is 5.91 Å². The molecule has 0 saturated carbocycles. The maximum Gasteiger partial charge on any atom is 0.258 e. The lowest BCUT2D eigenvalue weighted by molar-refractivity contribution is 0.0619. The third-order valence-corrected chi connectivity index (χ3v) is 4.27. The number of hydrogen-bond acceptors (Lipinski definition) is 4. The number of nitrogens with zero attached hydrogens (tertiary/aromatic N) is 6. The molecule has 7 nitrogen and oxygen atoms in total. The predicted molar refractivity (Wildman–Crippen MR) is 79.3 cm³/mol. The molecule has 1 aliphatic heterocycles. The van der Waals surface area contributed by atoms with E-state index in [2.05, 4.69) is 39.3 Å². The lowest BCUT2D eigenvalue weighted by Gasteiger charge is -2.36. The lowest BCUT2D eigenvalue weighted by Crippen LogP contribution is -2.41. The molecule has 0 radical (unpaired) electrons. The summed E-state index contributed by atoms with van der Waals surface area (Å²) in [4.78, 5) is 15.0. The van der Waals surface area contributed by atoms with E-state index in [1.807, 2.05) is 11.0 Å². The Morgan fingerprint density at radius 2 is 2.14 bits per heavy atom. The molecule has 22 heavy (non-hydrogen) atoms. The Bertz CT molecular complexity index is 835. The van der Waals surface area contributed by atoms with Crippen LogP contribution in [0.4, 0.5) is 0 Å². The average Bonchev–Trinajstić information content (AvgIpc) is 3.21. The van der Waals surface area contributed by atoms with Crippen molar-refractivity contribution in [2.24, 2.45) is 0 Å². The van der Waals surface area contributed by atoms with Gasteiger partial charge in [0.2, 0.25) is 0 Å². The SMILES string of the molecule is CC[C@H]1c2cccn2CCN1C(=O)c1cccn2nnnc12. The van der Waals surface area contributed by atoms with Crippen LogP contribution in [-0.2, 0) is 6.54 Å². The van der Waals surface area contributed by atoms with Gasteiger partial charge in [0.15, 0.2) is 5.65 Å². The number of carbonyl (C=O) groups is 1. The van der Waals surface area contributed by atoms with E-state index >= 15 is 0 Å². The Balaban J connectivity index is 1.75. The molecule has 3 aromatic rings. The lowest BCUT2D eigenvalue weighted by atomic mass is 10.1. The number of tetrazole rings is 1. The highest BCUT2D eigenvalue weighted by Crippen LogP contribution is 2.30. The summed E-state index contributed by atoms with van der Waals surface area (Å²) in [6.07, 6.45) is 4.69. The second kappa shape index (κ2) is 4.94. The summed E-state index contributed by atoms with van der Waals surface area (Å²) in [5.74, 6) is -0.0142. The minimum absolute atomic E-state index is 0.0142. The topological polar surface area (TPSA) is 68.3 Å². The molecule has 4 heterocycles. The van der Waals surface area contributed by atoms with Gasteiger partial charge in [0.05, 0.1) is 11.6 Å². The fourth-order valence-corrected chi connectivity index (χ4v) is 3.23. The molecule has 0 aromatic carbocycles. The summed E-state index contributed by atoms with van der Waals surface area (Å²) < 4.78 is 3.75. The van der Waals surface area contributed by atoms with Crippen LogP contribution in [0.1, 0.15) is 35.4 Å². The molecule has 0 unspecified atom stereocenters. The van der Waals surface area contributed by atoms with Gasteiger partial charge in [0, 0.05) is 31.2 Å². The van der Waals surface area contributed by atoms with Gasteiger partial charge in [-0.2, -0.15) is 4.52 Å². The Labute approximate surface area is 127 Å². The summed E-state index contributed by atoms with van der Waals surface area (Å²) >= 11 is 0. The van der Waals surface area contributed by atoms with Gasteiger partial charge in [-0.15, -0.1) is 5.10 Å². The fraction of sp³-hybridized carbons (Fsp3) is 0.333. The van der Waals surface area contributed by atoms with E-state index in [0.29, 0.717) is 17.8 Å². The maximum absolute atomic E-state index is 13.0. The van der Waals surface area contributed by atoms with Gasteiger partial charge >= 0.3 is 0 Å². The summed E-state index contributed by atoms with van der Waals surface area (Å²) in [5, 5.41) is 11.5. The van der Waals surface area contributed by atoms with Crippen molar-refractivity contribution in [3.05, 3.63) is 47.9 Å². The second-order valence-electron chi connectivity index (χ2n) is 5.42. The molecule has 7 heteroatoms. The molecule has 112 valence electrons. The van der Waals surface area contributed by atoms with Crippen molar-refractivity contribution in [1.29, 1.82) is 0 Å². The highest BCUT2D eigenvalue weighted by atomic mass is 16.2. The molecule has 0 fully saturated rings. The van der Waals surface area contributed by atoms with E-state index in [4.69, 9.17) is 0 Å². The van der Waals surface area contributed by atoms with Crippen LogP contribution in [0.2, 0.25) is 0 Å². The molecule has 0 N–H and O–H groups in total. The van der Waals surface area contributed by atoms with Crippen LogP contribution in [0, 0.1) is 0 Å². The molecule has 1 aliphatic rings. The van der Waals surface area contributed by atoms with Gasteiger partial charge in [-0.3, -0.25) is 4.79 Å². The van der Waals surface area contributed by atoms with E-state index in [1.165, 1.54) is 10.2 Å². The molecule has 1 atom stereocenters. The van der Waals surface area contributed by atoms with E-state index in [0.717, 1.165) is 13.0 Å². The molecule has 4 rings (SSSR count). The van der Waals surface area contributed by atoms with Gasteiger partial charge in [-0.25, -0.2) is 0 Å². The van der Waals surface area contributed by atoms with Gasteiger partial charge < -0.3 is 9.47 Å². The molecule has 1 amide bonds. The normalized spacial score (nSPS) is 17.7. The van der Waals surface area contributed by atoms with Crippen molar-refractivity contribution in [3.63, 3.8) is 0 Å². The van der Waals surface area contributed by atoms with Crippen molar-refractivity contribution in [2.45, 2.75) is 25.9 Å². The van der Waals surface area contributed by atoms with Crippen LogP contribution < -0.4 is 0 Å². The molecule has 0 aliphatic carbocycles. The Kier molecular flexibility index (Phi) is 2.92. The Morgan fingerprint density at radius 3 is 3.00 bits per heavy atom. The Morgan fingerprint density at radius 1 is 1.27 bits per heavy atom. The van der Waals surface area contributed by atoms with Crippen LogP contribution in [0.5, 0.6) is 0 Å². The van der Waals surface area contributed by atoms with Crippen molar-refractivity contribution >= 4 is 11.6 Å². The second-order valence-corrected chi connectivity index (χ2v) is 5.42. The van der Waals surface area contributed by atoms with Crippen LogP contribution in [-0.4, -0.2) is 42.0 Å².